The summed E-state index contributed by atoms with van der Waals surface area (Å²) in [5, 5.41) is 2.58. The number of aryl methyl sites for hydroxylation is 2. The minimum absolute atomic E-state index is 0.0252. The van der Waals surface area contributed by atoms with Gasteiger partial charge in [0.2, 0.25) is 17.7 Å². The minimum Gasteiger partial charge on any atom is -0.366 e. The molecule has 0 unspecified atom stereocenters. The maximum Gasteiger partial charge on any atom is 0.248 e. The van der Waals surface area contributed by atoms with Crippen molar-refractivity contribution in [3.05, 3.63) is 64.2 Å². The summed E-state index contributed by atoms with van der Waals surface area (Å²) in [6.07, 6.45) is 4.37. The van der Waals surface area contributed by atoms with Crippen LogP contribution >= 0.6 is 0 Å². The number of primary amides is 2. The monoisotopic (exact) mass is 393 g/mol. The van der Waals surface area contributed by atoms with E-state index in [1.165, 1.54) is 35.7 Å². The molecule has 0 atom stereocenters. The van der Waals surface area contributed by atoms with E-state index in [2.05, 4.69) is 5.32 Å². The fraction of sp³-hybridized carbons (Fsp3) is 0.273. The molecule has 1 aliphatic carbocycles. The van der Waals surface area contributed by atoms with Gasteiger partial charge in [-0.25, -0.2) is 0 Å². The van der Waals surface area contributed by atoms with Crippen LogP contribution in [0, 0.1) is 0 Å². The lowest BCUT2D eigenvalue weighted by Crippen LogP contribution is -2.18. The Hall–Kier alpha value is -3.48. The molecule has 2 aromatic rings. The van der Waals surface area contributed by atoms with Crippen molar-refractivity contribution >= 4 is 29.2 Å². The highest BCUT2D eigenvalue weighted by Gasteiger charge is 2.15. The Morgan fingerprint density at radius 1 is 0.759 bits per heavy atom. The van der Waals surface area contributed by atoms with Crippen LogP contribution < -0.4 is 16.8 Å². The third-order valence-electron chi connectivity index (χ3n) is 5.04. The van der Waals surface area contributed by atoms with E-state index in [-0.39, 0.29) is 35.4 Å². The number of hydrogen-bond acceptors (Lipinski definition) is 4. The summed E-state index contributed by atoms with van der Waals surface area (Å²) in [7, 11) is 0. The molecule has 0 fully saturated rings. The van der Waals surface area contributed by atoms with E-state index >= 15 is 0 Å². The smallest absolute Gasteiger partial charge is 0.248 e. The van der Waals surface area contributed by atoms with Crippen molar-refractivity contribution < 1.29 is 19.2 Å². The summed E-state index contributed by atoms with van der Waals surface area (Å²) in [5.41, 5.74) is 14.0. The topological polar surface area (TPSA) is 132 Å². The molecule has 3 amide bonds. The number of ketones is 1. The first-order valence-corrected chi connectivity index (χ1v) is 9.53. The van der Waals surface area contributed by atoms with Crippen LogP contribution in [0.4, 0.5) is 5.69 Å². The molecule has 3 rings (SSSR count). The van der Waals surface area contributed by atoms with Crippen LogP contribution in [0.2, 0.25) is 0 Å². The molecule has 0 radical (unpaired) electrons. The maximum atomic E-state index is 12.5. The average Bonchev–Trinajstić information content (AvgIpc) is 2.71. The second kappa shape index (κ2) is 8.68. The highest BCUT2D eigenvalue weighted by Crippen LogP contribution is 2.23. The van der Waals surface area contributed by atoms with Gasteiger partial charge in [-0.2, -0.15) is 0 Å². The first-order chi connectivity index (χ1) is 13.8. The molecule has 7 heteroatoms. The molecule has 0 aliphatic heterocycles. The lowest BCUT2D eigenvalue weighted by molar-refractivity contribution is -0.116. The van der Waals surface area contributed by atoms with E-state index in [9.17, 15) is 19.2 Å². The highest BCUT2D eigenvalue weighted by atomic mass is 16.2. The number of nitrogens with one attached hydrogen (secondary N) is 1. The van der Waals surface area contributed by atoms with Crippen molar-refractivity contribution in [2.75, 3.05) is 5.32 Å². The molecule has 29 heavy (non-hydrogen) atoms. The summed E-state index contributed by atoms with van der Waals surface area (Å²) in [5.74, 6) is -2.00. The number of rotatable bonds is 7. The zero-order valence-corrected chi connectivity index (χ0v) is 16.0. The van der Waals surface area contributed by atoms with Gasteiger partial charge >= 0.3 is 0 Å². The first-order valence-electron chi connectivity index (χ1n) is 9.53. The molecule has 0 aromatic heterocycles. The van der Waals surface area contributed by atoms with Crippen LogP contribution in [-0.2, 0) is 17.6 Å². The van der Waals surface area contributed by atoms with E-state index in [4.69, 9.17) is 11.5 Å². The molecule has 5 N–H and O–H groups in total. The first kappa shape index (κ1) is 20.3. The number of fused-ring (bicyclic) bond motifs is 1. The Kier molecular flexibility index (Phi) is 6.07. The van der Waals surface area contributed by atoms with E-state index in [0.29, 0.717) is 5.56 Å². The maximum absolute atomic E-state index is 12.5. The van der Waals surface area contributed by atoms with Crippen LogP contribution in [0.5, 0.6) is 0 Å². The van der Waals surface area contributed by atoms with Crippen LogP contribution in [-0.4, -0.2) is 23.5 Å². The van der Waals surface area contributed by atoms with Crippen molar-refractivity contribution in [2.24, 2.45) is 11.5 Å². The number of nitrogens with two attached hydrogens (primary N) is 2. The molecule has 150 valence electrons. The summed E-state index contributed by atoms with van der Waals surface area (Å²) in [4.78, 5) is 47.5. The SMILES string of the molecule is NC(=O)c1cc(NC(=O)CCC(=O)c2ccc3c(c2)CCCC3)cc(C(N)=O)c1. The summed E-state index contributed by atoms with van der Waals surface area (Å²) in [6, 6.07) is 9.74. The minimum atomic E-state index is -0.744. The van der Waals surface area contributed by atoms with Crippen LogP contribution in [0.25, 0.3) is 0 Å². The van der Waals surface area contributed by atoms with E-state index < -0.39 is 17.7 Å². The van der Waals surface area contributed by atoms with Crippen LogP contribution in [0.3, 0.4) is 0 Å². The van der Waals surface area contributed by atoms with Crippen molar-refractivity contribution in [2.45, 2.75) is 38.5 Å². The van der Waals surface area contributed by atoms with Crippen molar-refractivity contribution in [1.82, 2.24) is 0 Å². The summed E-state index contributed by atoms with van der Waals surface area (Å²) < 4.78 is 0. The predicted octanol–water partition coefficient (Wildman–Crippen LogP) is 2.36. The fourth-order valence-electron chi connectivity index (χ4n) is 3.49. The molecule has 0 saturated carbocycles. The Bertz CT molecular complexity index is 965. The molecule has 0 saturated heterocycles. The Morgan fingerprint density at radius 2 is 1.38 bits per heavy atom. The molecular formula is C22H23N3O4. The van der Waals surface area contributed by atoms with Gasteiger partial charge in [-0.1, -0.05) is 12.1 Å². The van der Waals surface area contributed by atoms with Crippen LogP contribution in [0.15, 0.2) is 36.4 Å². The van der Waals surface area contributed by atoms with Crippen molar-refractivity contribution in [3.63, 3.8) is 0 Å². The van der Waals surface area contributed by atoms with Gasteiger partial charge in [-0.3, -0.25) is 19.2 Å². The molecule has 0 heterocycles. The number of benzene rings is 2. The van der Waals surface area contributed by atoms with Gasteiger partial charge in [-0.15, -0.1) is 0 Å². The van der Waals surface area contributed by atoms with Gasteiger partial charge < -0.3 is 16.8 Å². The summed E-state index contributed by atoms with van der Waals surface area (Å²) >= 11 is 0. The van der Waals surface area contributed by atoms with E-state index in [0.717, 1.165) is 19.3 Å². The normalized spacial score (nSPS) is 12.7. The highest BCUT2D eigenvalue weighted by molar-refractivity contribution is 6.03. The number of carbonyl (C=O) groups is 4. The van der Waals surface area contributed by atoms with Crippen LogP contribution in [0.1, 0.15) is 67.9 Å². The molecule has 7 nitrogen and oxygen atoms in total. The zero-order chi connectivity index (χ0) is 21.0. The van der Waals surface area contributed by atoms with E-state index in [1.807, 2.05) is 18.2 Å². The summed E-state index contributed by atoms with van der Waals surface area (Å²) in [6.45, 7) is 0. The molecule has 2 aromatic carbocycles. The molecular weight excluding hydrogens is 370 g/mol. The Balaban J connectivity index is 1.63. The number of hydrogen-bond donors (Lipinski definition) is 3. The van der Waals surface area contributed by atoms with Gasteiger partial charge in [0, 0.05) is 35.2 Å². The van der Waals surface area contributed by atoms with Gasteiger partial charge in [0.25, 0.3) is 0 Å². The van der Waals surface area contributed by atoms with Gasteiger partial charge in [0.1, 0.15) is 0 Å². The Labute approximate surface area is 168 Å². The molecule has 0 spiro atoms. The van der Waals surface area contributed by atoms with Crippen molar-refractivity contribution in [3.8, 4) is 0 Å². The zero-order valence-electron chi connectivity index (χ0n) is 16.0. The van der Waals surface area contributed by atoms with E-state index in [1.54, 1.807) is 0 Å². The number of carbonyl (C=O) groups excluding carboxylic acids is 4. The third kappa shape index (κ3) is 5.07. The standard InChI is InChI=1S/C22H23N3O4/c23-21(28)16-10-17(22(24)29)12-18(11-16)25-20(27)8-7-19(26)15-6-5-13-3-1-2-4-14(13)9-15/h5-6,9-12H,1-4,7-8H2,(H2,23,28)(H2,24,29)(H,25,27). The average molecular weight is 393 g/mol. The number of Topliss-reactive ketones (excluding diaryl/α,β-unsaturated/α-hetero) is 1. The van der Waals surface area contributed by atoms with Gasteiger partial charge in [0.15, 0.2) is 5.78 Å². The largest absolute Gasteiger partial charge is 0.366 e. The Morgan fingerprint density at radius 3 is 2.00 bits per heavy atom. The molecule has 1 aliphatic rings. The third-order valence-corrected chi connectivity index (χ3v) is 5.04. The van der Waals surface area contributed by atoms with Gasteiger partial charge in [0.05, 0.1) is 0 Å². The lowest BCUT2D eigenvalue weighted by Gasteiger charge is -2.16. The fourth-order valence-corrected chi connectivity index (χ4v) is 3.49. The second-order valence-electron chi connectivity index (χ2n) is 7.19. The lowest BCUT2D eigenvalue weighted by atomic mass is 9.89. The molecule has 0 bridgehead atoms. The van der Waals surface area contributed by atoms with Crippen molar-refractivity contribution in [1.29, 1.82) is 0 Å². The second-order valence-corrected chi connectivity index (χ2v) is 7.19. The quantitative estimate of drug-likeness (QED) is 0.623. The predicted molar refractivity (Wildman–Crippen MR) is 109 cm³/mol. The number of anilines is 1. The number of amides is 3. The van der Waals surface area contributed by atoms with Gasteiger partial charge in [-0.05, 0) is 61.1 Å².